The topological polar surface area (TPSA) is 38.1 Å². The Kier molecular flexibility index (Phi) is 5.85. The van der Waals surface area contributed by atoms with E-state index in [4.69, 9.17) is 23.2 Å². The van der Waals surface area contributed by atoms with Crippen LogP contribution in [0.2, 0.25) is 10.0 Å². The van der Waals surface area contributed by atoms with E-state index in [-0.39, 0.29) is 11.9 Å². The fourth-order valence-electron chi connectivity index (χ4n) is 2.17. The van der Waals surface area contributed by atoms with Crippen LogP contribution in [0.25, 0.3) is 6.08 Å². The molecule has 2 rings (SSSR count). The number of amides is 1. The molecule has 4 nitrogen and oxygen atoms in total. The molecule has 1 aromatic heterocycles. The lowest BCUT2D eigenvalue weighted by atomic mass is 10.2. The lowest BCUT2D eigenvalue weighted by Crippen LogP contribution is -2.35. The maximum absolute atomic E-state index is 12.5. The van der Waals surface area contributed by atoms with Gasteiger partial charge in [0.25, 0.3) is 0 Å². The molecule has 2 aromatic rings. The predicted molar refractivity (Wildman–Crippen MR) is 94.4 cm³/mol. The molecule has 1 amide bonds. The van der Waals surface area contributed by atoms with Crippen molar-refractivity contribution in [1.29, 1.82) is 0 Å². The van der Waals surface area contributed by atoms with Gasteiger partial charge in [0, 0.05) is 37.5 Å². The van der Waals surface area contributed by atoms with E-state index in [1.54, 1.807) is 34.0 Å². The standard InChI is InChI=1S/C17H19Cl2N3O/c1-12(2)22(11-13-9-20-21(3)10-13)16(23)8-7-14-5-4-6-15(18)17(14)19/h4-10,12H,11H2,1-3H3/b8-7+. The number of hydrogen-bond acceptors (Lipinski definition) is 2. The SMILES string of the molecule is CC(C)N(Cc1cnn(C)c1)C(=O)/C=C/c1cccc(Cl)c1Cl. The fraction of sp³-hybridized carbons (Fsp3) is 0.294. The smallest absolute Gasteiger partial charge is 0.247 e. The number of rotatable bonds is 5. The van der Waals surface area contributed by atoms with Gasteiger partial charge in [-0.1, -0.05) is 35.3 Å². The van der Waals surface area contributed by atoms with Crippen LogP contribution in [0.5, 0.6) is 0 Å². The van der Waals surface area contributed by atoms with E-state index in [1.165, 1.54) is 6.08 Å². The summed E-state index contributed by atoms with van der Waals surface area (Å²) in [7, 11) is 1.85. The Morgan fingerprint density at radius 3 is 2.74 bits per heavy atom. The van der Waals surface area contributed by atoms with Gasteiger partial charge in [0.05, 0.1) is 16.2 Å². The summed E-state index contributed by atoms with van der Waals surface area (Å²) in [6.45, 7) is 4.47. The Labute approximate surface area is 146 Å². The summed E-state index contributed by atoms with van der Waals surface area (Å²) >= 11 is 12.1. The second-order valence-corrected chi connectivity index (χ2v) is 6.34. The first-order valence-electron chi connectivity index (χ1n) is 7.28. The van der Waals surface area contributed by atoms with Crippen LogP contribution in [0, 0.1) is 0 Å². The second kappa shape index (κ2) is 7.66. The van der Waals surface area contributed by atoms with Gasteiger partial charge < -0.3 is 4.90 Å². The van der Waals surface area contributed by atoms with Crippen LogP contribution in [0.3, 0.4) is 0 Å². The zero-order chi connectivity index (χ0) is 17.0. The van der Waals surface area contributed by atoms with Crippen LogP contribution in [0.15, 0.2) is 36.7 Å². The maximum atomic E-state index is 12.5. The van der Waals surface area contributed by atoms with Gasteiger partial charge in [-0.15, -0.1) is 0 Å². The largest absolute Gasteiger partial charge is 0.332 e. The summed E-state index contributed by atoms with van der Waals surface area (Å²) < 4.78 is 1.72. The number of aromatic nitrogens is 2. The van der Waals surface area contributed by atoms with Gasteiger partial charge in [-0.2, -0.15) is 5.10 Å². The molecular weight excluding hydrogens is 333 g/mol. The molecule has 0 radical (unpaired) electrons. The fourth-order valence-corrected chi connectivity index (χ4v) is 2.54. The van der Waals surface area contributed by atoms with E-state index in [9.17, 15) is 4.79 Å². The molecule has 0 bridgehead atoms. The molecule has 0 unspecified atom stereocenters. The van der Waals surface area contributed by atoms with Gasteiger partial charge in [0.1, 0.15) is 0 Å². The number of carbonyl (C=O) groups excluding carboxylic acids is 1. The van der Waals surface area contributed by atoms with Crippen LogP contribution < -0.4 is 0 Å². The molecule has 0 N–H and O–H groups in total. The van der Waals surface area contributed by atoms with Crippen molar-refractivity contribution < 1.29 is 4.79 Å². The quantitative estimate of drug-likeness (QED) is 0.758. The molecule has 23 heavy (non-hydrogen) atoms. The minimum absolute atomic E-state index is 0.0715. The molecule has 0 saturated heterocycles. The summed E-state index contributed by atoms with van der Waals surface area (Å²) in [4.78, 5) is 14.3. The van der Waals surface area contributed by atoms with Crippen molar-refractivity contribution in [2.45, 2.75) is 26.4 Å². The van der Waals surface area contributed by atoms with Crippen molar-refractivity contribution >= 4 is 35.2 Å². The van der Waals surface area contributed by atoms with Crippen LogP contribution in [-0.2, 0) is 18.4 Å². The maximum Gasteiger partial charge on any atom is 0.247 e. The molecule has 0 aliphatic carbocycles. The number of aryl methyl sites for hydroxylation is 1. The van der Waals surface area contributed by atoms with E-state index in [0.29, 0.717) is 16.6 Å². The average Bonchev–Trinajstić information content (AvgIpc) is 2.91. The highest BCUT2D eigenvalue weighted by Gasteiger charge is 2.16. The molecule has 0 saturated carbocycles. The Hall–Kier alpha value is -1.78. The lowest BCUT2D eigenvalue weighted by molar-refractivity contribution is -0.128. The van der Waals surface area contributed by atoms with Crippen LogP contribution in [-0.4, -0.2) is 26.6 Å². The van der Waals surface area contributed by atoms with E-state index in [1.807, 2.05) is 33.2 Å². The highest BCUT2D eigenvalue weighted by Crippen LogP contribution is 2.26. The van der Waals surface area contributed by atoms with Gasteiger partial charge in [-0.3, -0.25) is 9.48 Å². The van der Waals surface area contributed by atoms with Gasteiger partial charge >= 0.3 is 0 Å². The zero-order valence-electron chi connectivity index (χ0n) is 13.3. The number of nitrogens with zero attached hydrogens (tertiary/aromatic N) is 3. The summed E-state index contributed by atoms with van der Waals surface area (Å²) in [5.74, 6) is -0.0834. The van der Waals surface area contributed by atoms with Gasteiger partial charge in [-0.05, 0) is 31.6 Å². The summed E-state index contributed by atoms with van der Waals surface area (Å²) in [5.41, 5.74) is 1.71. The molecule has 1 heterocycles. The highest BCUT2D eigenvalue weighted by molar-refractivity contribution is 6.42. The number of halogens is 2. The van der Waals surface area contributed by atoms with Crippen molar-refractivity contribution in [2.75, 3.05) is 0 Å². The van der Waals surface area contributed by atoms with Gasteiger partial charge in [0.2, 0.25) is 5.91 Å². The Morgan fingerprint density at radius 1 is 1.39 bits per heavy atom. The van der Waals surface area contributed by atoms with Crippen molar-refractivity contribution in [3.63, 3.8) is 0 Å². The average molecular weight is 352 g/mol. The molecule has 122 valence electrons. The first-order chi connectivity index (χ1) is 10.9. The molecule has 1 aromatic carbocycles. The lowest BCUT2D eigenvalue weighted by Gasteiger charge is -2.25. The Morgan fingerprint density at radius 2 is 2.13 bits per heavy atom. The Bertz CT molecular complexity index is 722. The van der Waals surface area contributed by atoms with E-state index < -0.39 is 0 Å². The molecule has 0 atom stereocenters. The molecule has 0 spiro atoms. The Balaban J connectivity index is 2.15. The summed E-state index contributed by atoms with van der Waals surface area (Å²) in [5, 5.41) is 5.05. The van der Waals surface area contributed by atoms with Crippen LogP contribution in [0.1, 0.15) is 25.0 Å². The molecule has 0 fully saturated rings. The van der Waals surface area contributed by atoms with Gasteiger partial charge in [0.15, 0.2) is 0 Å². The number of hydrogen-bond donors (Lipinski definition) is 0. The third-order valence-corrected chi connectivity index (χ3v) is 4.24. The minimum atomic E-state index is -0.0834. The van der Waals surface area contributed by atoms with E-state index >= 15 is 0 Å². The van der Waals surface area contributed by atoms with E-state index in [0.717, 1.165) is 11.1 Å². The second-order valence-electron chi connectivity index (χ2n) is 5.56. The first kappa shape index (κ1) is 17.6. The van der Waals surface area contributed by atoms with Crippen molar-refractivity contribution in [3.8, 4) is 0 Å². The van der Waals surface area contributed by atoms with Gasteiger partial charge in [-0.25, -0.2) is 0 Å². The third kappa shape index (κ3) is 4.60. The number of carbonyl (C=O) groups is 1. The molecular formula is C17H19Cl2N3O. The highest BCUT2D eigenvalue weighted by atomic mass is 35.5. The zero-order valence-corrected chi connectivity index (χ0v) is 14.8. The normalized spacial score (nSPS) is 11.4. The van der Waals surface area contributed by atoms with E-state index in [2.05, 4.69) is 5.10 Å². The predicted octanol–water partition coefficient (Wildman–Crippen LogP) is 4.18. The minimum Gasteiger partial charge on any atom is -0.332 e. The first-order valence-corrected chi connectivity index (χ1v) is 8.04. The third-order valence-electron chi connectivity index (χ3n) is 3.40. The number of benzene rings is 1. The summed E-state index contributed by atoms with van der Waals surface area (Å²) in [6, 6.07) is 5.40. The van der Waals surface area contributed by atoms with Crippen molar-refractivity contribution in [2.24, 2.45) is 7.05 Å². The molecule has 6 heteroatoms. The monoisotopic (exact) mass is 351 g/mol. The molecule has 0 aliphatic heterocycles. The van der Waals surface area contributed by atoms with Crippen molar-refractivity contribution in [3.05, 3.63) is 57.8 Å². The van der Waals surface area contributed by atoms with Crippen molar-refractivity contribution in [1.82, 2.24) is 14.7 Å². The van der Waals surface area contributed by atoms with Crippen LogP contribution >= 0.6 is 23.2 Å². The van der Waals surface area contributed by atoms with Crippen LogP contribution in [0.4, 0.5) is 0 Å². The summed E-state index contributed by atoms with van der Waals surface area (Å²) in [6.07, 6.45) is 6.88. The molecule has 0 aliphatic rings.